The molecule has 3 nitrogen and oxygen atoms in total. The molecule has 0 atom stereocenters. The molecular weight excluding hydrogens is 250 g/mol. The second-order valence-corrected chi connectivity index (χ2v) is 5.83. The van der Waals surface area contributed by atoms with Crippen molar-refractivity contribution < 1.29 is 4.74 Å². The smallest absolute Gasteiger partial charge is 0.251 e. The van der Waals surface area contributed by atoms with Gasteiger partial charge in [0.1, 0.15) is 5.75 Å². The van der Waals surface area contributed by atoms with Crippen LogP contribution in [0.2, 0.25) is 0 Å². The maximum Gasteiger partial charge on any atom is 0.251 e. The number of ether oxygens (including phenoxy) is 1. The van der Waals surface area contributed by atoms with Gasteiger partial charge in [0, 0.05) is 11.6 Å². The van der Waals surface area contributed by atoms with Gasteiger partial charge in [-0.25, -0.2) is 0 Å². The summed E-state index contributed by atoms with van der Waals surface area (Å²) in [5.41, 5.74) is 2.89. The molecule has 0 unspecified atom stereocenters. The maximum absolute atomic E-state index is 12.0. The topological polar surface area (TPSA) is 42.1 Å². The van der Waals surface area contributed by atoms with Crippen molar-refractivity contribution >= 4 is 10.9 Å². The van der Waals surface area contributed by atoms with Gasteiger partial charge in [0.15, 0.2) is 0 Å². The highest BCUT2D eigenvalue weighted by molar-refractivity contribution is 5.81. The molecule has 106 valence electrons. The van der Waals surface area contributed by atoms with Crippen LogP contribution in [0.4, 0.5) is 0 Å². The van der Waals surface area contributed by atoms with Crippen LogP contribution in [0.1, 0.15) is 37.3 Å². The van der Waals surface area contributed by atoms with Crippen molar-refractivity contribution in [3.8, 4) is 5.75 Å². The Morgan fingerprint density at radius 2 is 2.10 bits per heavy atom. The number of benzene rings is 1. The molecule has 0 bridgehead atoms. The molecule has 1 heterocycles. The van der Waals surface area contributed by atoms with Gasteiger partial charge in [-0.15, -0.1) is 0 Å². The van der Waals surface area contributed by atoms with E-state index in [0.717, 1.165) is 53.1 Å². The summed E-state index contributed by atoms with van der Waals surface area (Å²) in [6.45, 7) is 4.94. The van der Waals surface area contributed by atoms with Gasteiger partial charge < -0.3 is 9.72 Å². The second kappa shape index (κ2) is 5.31. The van der Waals surface area contributed by atoms with E-state index in [2.05, 4.69) is 24.9 Å². The minimum Gasteiger partial charge on any atom is -0.493 e. The monoisotopic (exact) mass is 271 g/mol. The first kappa shape index (κ1) is 13.2. The van der Waals surface area contributed by atoms with Gasteiger partial charge in [0.05, 0.1) is 12.1 Å². The van der Waals surface area contributed by atoms with Gasteiger partial charge >= 0.3 is 0 Å². The molecule has 0 saturated heterocycles. The van der Waals surface area contributed by atoms with Crippen molar-refractivity contribution in [3.63, 3.8) is 0 Å². The van der Waals surface area contributed by atoms with Crippen molar-refractivity contribution in [1.29, 1.82) is 0 Å². The lowest BCUT2D eigenvalue weighted by molar-refractivity contribution is 0.298. The largest absolute Gasteiger partial charge is 0.493 e. The SMILES string of the molecule is CCCc1cc2cc(C)c(OCC3CC3)cc2[nH]c1=O. The molecule has 1 aromatic carbocycles. The molecule has 3 heteroatoms. The number of aryl methyl sites for hydroxylation is 2. The molecule has 3 rings (SSSR count). The average Bonchev–Trinajstić information content (AvgIpc) is 3.22. The highest BCUT2D eigenvalue weighted by atomic mass is 16.5. The normalized spacial score (nSPS) is 14.7. The van der Waals surface area contributed by atoms with E-state index in [1.165, 1.54) is 12.8 Å². The Labute approximate surface area is 119 Å². The summed E-state index contributed by atoms with van der Waals surface area (Å²) in [7, 11) is 0. The van der Waals surface area contributed by atoms with E-state index in [1.807, 2.05) is 12.1 Å². The Morgan fingerprint density at radius 3 is 2.80 bits per heavy atom. The van der Waals surface area contributed by atoms with Crippen LogP contribution in [0.5, 0.6) is 5.75 Å². The molecule has 1 saturated carbocycles. The summed E-state index contributed by atoms with van der Waals surface area (Å²) >= 11 is 0. The third kappa shape index (κ3) is 2.72. The minimum atomic E-state index is 0.0244. The van der Waals surface area contributed by atoms with Crippen LogP contribution in [-0.2, 0) is 6.42 Å². The van der Waals surface area contributed by atoms with E-state index in [-0.39, 0.29) is 5.56 Å². The minimum absolute atomic E-state index is 0.0244. The molecule has 1 N–H and O–H groups in total. The summed E-state index contributed by atoms with van der Waals surface area (Å²) in [5.74, 6) is 1.62. The Kier molecular flexibility index (Phi) is 3.51. The van der Waals surface area contributed by atoms with E-state index in [9.17, 15) is 4.79 Å². The van der Waals surface area contributed by atoms with E-state index in [1.54, 1.807) is 0 Å². The van der Waals surface area contributed by atoms with Crippen LogP contribution < -0.4 is 10.3 Å². The number of aromatic amines is 1. The van der Waals surface area contributed by atoms with Gasteiger partial charge in [-0.1, -0.05) is 13.3 Å². The van der Waals surface area contributed by atoms with Gasteiger partial charge in [-0.2, -0.15) is 0 Å². The zero-order valence-electron chi connectivity index (χ0n) is 12.2. The first-order valence-electron chi connectivity index (χ1n) is 7.46. The van der Waals surface area contributed by atoms with Gasteiger partial charge in [-0.3, -0.25) is 4.79 Å². The molecule has 2 aromatic rings. The van der Waals surface area contributed by atoms with Gasteiger partial charge in [0.25, 0.3) is 5.56 Å². The van der Waals surface area contributed by atoms with Crippen molar-refractivity contribution in [2.24, 2.45) is 5.92 Å². The lowest BCUT2D eigenvalue weighted by atomic mass is 10.1. The van der Waals surface area contributed by atoms with Crippen molar-refractivity contribution in [3.05, 3.63) is 39.7 Å². The fourth-order valence-electron chi connectivity index (χ4n) is 2.50. The lowest BCUT2D eigenvalue weighted by Crippen LogP contribution is -2.12. The van der Waals surface area contributed by atoms with Crippen LogP contribution in [0, 0.1) is 12.8 Å². The van der Waals surface area contributed by atoms with E-state index < -0.39 is 0 Å². The summed E-state index contributed by atoms with van der Waals surface area (Å²) < 4.78 is 5.86. The molecule has 1 aliphatic rings. The molecule has 1 fully saturated rings. The number of nitrogens with one attached hydrogen (secondary N) is 1. The molecule has 0 spiro atoms. The van der Waals surface area contributed by atoms with Crippen LogP contribution in [0.25, 0.3) is 10.9 Å². The highest BCUT2D eigenvalue weighted by Gasteiger charge is 2.22. The number of H-pyrrole nitrogens is 1. The fourth-order valence-corrected chi connectivity index (χ4v) is 2.50. The second-order valence-electron chi connectivity index (χ2n) is 5.83. The fraction of sp³-hybridized carbons (Fsp3) is 0.471. The Hall–Kier alpha value is -1.77. The number of hydrogen-bond acceptors (Lipinski definition) is 2. The van der Waals surface area contributed by atoms with E-state index >= 15 is 0 Å². The average molecular weight is 271 g/mol. The first-order chi connectivity index (χ1) is 9.67. The van der Waals surface area contributed by atoms with Gasteiger partial charge in [0.2, 0.25) is 0 Å². The third-order valence-corrected chi connectivity index (χ3v) is 3.91. The summed E-state index contributed by atoms with van der Waals surface area (Å²) in [6, 6.07) is 6.08. The summed E-state index contributed by atoms with van der Waals surface area (Å²) in [6.07, 6.45) is 4.37. The van der Waals surface area contributed by atoms with Crippen LogP contribution in [-0.4, -0.2) is 11.6 Å². The first-order valence-corrected chi connectivity index (χ1v) is 7.46. The van der Waals surface area contributed by atoms with E-state index in [4.69, 9.17) is 4.74 Å². The number of rotatable bonds is 5. The van der Waals surface area contributed by atoms with Crippen molar-refractivity contribution in [1.82, 2.24) is 4.98 Å². The summed E-state index contributed by atoms with van der Waals surface area (Å²) in [4.78, 5) is 15.0. The lowest BCUT2D eigenvalue weighted by Gasteiger charge is -2.11. The predicted molar refractivity (Wildman–Crippen MR) is 81.5 cm³/mol. The third-order valence-electron chi connectivity index (χ3n) is 3.91. The van der Waals surface area contributed by atoms with Crippen LogP contribution in [0.15, 0.2) is 23.0 Å². The maximum atomic E-state index is 12.0. The standard InChI is InChI=1S/C17H21NO2/c1-3-4-13-8-14-7-11(2)16(20-10-12-5-6-12)9-15(14)18-17(13)19/h7-9,12H,3-6,10H2,1-2H3,(H,18,19). The van der Waals surface area contributed by atoms with E-state index in [0.29, 0.717) is 0 Å². The molecule has 0 radical (unpaired) electrons. The zero-order chi connectivity index (χ0) is 14.1. The Balaban J connectivity index is 1.96. The van der Waals surface area contributed by atoms with Gasteiger partial charge in [-0.05, 0) is 55.2 Å². The Morgan fingerprint density at radius 1 is 1.30 bits per heavy atom. The number of fused-ring (bicyclic) bond motifs is 1. The quantitative estimate of drug-likeness (QED) is 0.903. The van der Waals surface area contributed by atoms with Crippen molar-refractivity contribution in [2.45, 2.75) is 39.5 Å². The molecule has 20 heavy (non-hydrogen) atoms. The summed E-state index contributed by atoms with van der Waals surface area (Å²) in [5, 5.41) is 1.09. The number of pyridine rings is 1. The molecule has 1 aromatic heterocycles. The zero-order valence-corrected chi connectivity index (χ0v) is 12.2. The highest BCUT2D eigenvalue weighted by Crippen LogP contribution is 2.31. The van der Waals surface area contributed by atoms with Crippen LogP contribution in [0.3, 0.4) is 0 Å². The molecular formula is C17H21NO2. The van der Waals surface area contributed by atoms with Crippen LogP contribution >= 0.6 is 0 Å². The predicted octanol–water partition coefficient (Wildman–Crippen LogP) is 3.58. The van der Waals surface area contributed by atoms with Crippen molar-refractivity contribution in [2.75, 3.05) is 6.61 Å². The molecule has 0 amide bonds. The number of hydrogen-bond donors (Lipinski definition) is 1. The number of aromatic nitrogens is 1. The molecule has 1 aliphatic carbocycles. The Bertz CT molecular complexity index is 683. The molecule has 0 aliphatic heterocycles.